The second kappa shape index (κ2) is 4.59. The van der Waals surface area contributed by atoms with Crippen LogP contribution in [0.2, 0.25) is 0 Å². The van der Waals surface area contributed by atoms with E-state index in [4.69, 9.17) is 0 Å². The number of carbonyl (C=O) groups excluding carboxylic acids is 1. The minimum absolute atomic E-state index is 0.0174. The van der Waals surface area contributed by atoms with Crippen LogP contribution in [0.25, 0.3) is 0 Å². The van der Waals surface area contributed by atoms with E-state index in [-0.39, 0.29) is 6.03 Å². The fraction of sp³-hybridized carbons (Fsp3) is 0.571. The molecule has 0 spiro atoms. The minimum atomic E-state index is 0.0174. The van der Waals surface area contributed by atoms with E-state index in [1.54, 1.807) is 6.20 Å². The summed E-state index contributed by atoms with van der Waals surface area (Å²) >= 11 is 0. The lowest BCUT2D eigenvalue weighted by atomic mass is 10.0. The van der Waals surface area contributed by atoms with E-state index in [0.29, 0.717) is 0 Å². The molecule has 1 atom stereocenters. The lowest BCUT2D eigenvalue weighted by Gasteiger charge is -2.17. The van der Waals surface area contributed by atoms with Gasteiger partial charge in [-0.3, -0.25) is 4.98 Å². The van der Waals surface area contributed by atoms with E-state index in [1.807, 2.05) is 24.0 Å². The van der Waals surface area contributed by atoms with E-state index in [0.717, 1.165) is 36.3 Å². The van der Waals surface area contributed by atoms with Crippen molar-refractivity contribution < 1.29 is 4.79 Å². The number of rotatable bonds is 2. The van der Waals surface area contributed by atoms with E-state index in [1.165, 1.54) is 19.3 Å². The van der Waals surface area contributed by atoms with E-state index in [2.05, 4.69) is 10.3 Å². The maximum absolute atomic E-state index is 12.1. The van der Waals surface area contributed by atoms with Crippen LogP contribution in [0.15, 0.2) is 18.3 Å². The highest BCUT2D eigenvalue weighted by Gasteiger charge is 2.37. The summed E-state index contributed by atoms with van der Waals surface area (Å²) in [5.41, 5.74) is 1.74. The Hall–Kier alpha value is -1.58. The number of nitrogens with one attached hydrogen (secondary N) is 1. The molecule has 1 N–H and O–H groups in total. The molecular formula is C14H19N3O. The Balaban J connectivity index is 1.56. The third-order valence-corrected chi connectivity index (χ3v) is 3.96. The smallest absolute Gasteiger partial charge is 0.321 e. The van der Waals surface area contributed by atoms with Gasteiger partial charge in [-0.25, -0.2) is 4.79 Å². The molecule has 1 unspecified atom stereocenters. The molecule has 18 heavy (non-hydrogen) atoms. The molecule has 4 heteroatoms. The predicted molar refractivity (Wildman–Crippen MR) is 70.4 cm³/mol. The summed E-state index contributed by atoms with van der Waals surface area (Å²) in [5.74, 6) is 1.63. The Labute approximate surface area is 107 Å². The highest BCUT2D eigenvalue weighted by atomic mass is 16.2. The first-order chi connectivity index (χ1) is 8.72. The number of hydrogen-bond acceptors (Lipinski definition) is 2. The molecule has 1 aliphatic heterocycles. The molecule has 1 saturated heterocycles. The number of nitrogens with zero attached hydrogens (tertiary/aromatic N) is 2. The molecule has 1 aliphatic carbocycles. The molecule has 0 bridgehead atoms. The van der Waals surface area contributed by atoms with Crippen LogP contribution in [0.1, 0.15) is 25.0 Å². The van der Waals surface area contributed by atoms with Crippen LogP contribution in [0.4, 0.5) is 10.5 Å². The maximum Gasteiger partial charge on any atom is 0.321 e. The number of pyridine rings is 1. The minimum Gasteiger partial charge on any atom is -0.324 e. The van der Waals surface area contributed by atoms with E-state index in [9.17, 15) is 4.79 Å². The lowest BCUT2D eigenvalue weighted by Crippen LogP contribution is -2.33. The Bertz CT molecular complexity index is 439. The highest BCUT2D eigenvalue weighted by Crippen LogP contribution is 2.41. The summed E-state index contributed by atoms with van der Waals surface area (Å²) < 4.78 is 0. The zero-order chi connectivity index (χ0) is 12.5. The Kier molecular flexibility index (Phi) is 2.94. The van der Waals surface area contributed by atoms with Crippen molar-refractivity contribution in [3.8, 4) is 0 Å². The molecule has 2 amide bonds. The third-order valence-electron chi connectivity index (χ3n) is 3.96. The topological polar surface area (TPSA) is 45.2 Å². The second-order valence-electron chi connectivity index (χ2n) is 5.45. The molecule has 1 saturated carbocycles. The molecular weight excluding hydrogens is 226 g/mol. The van der Waals surface area contributed by atoms with Gasteiger partial charge in [-0.2, -0.15) is 0 Å². The van der Waals surface area contributed by atoms with Crippen molar-refractivity contribution in [2.24, 2.45) is 11.8 Å². The Morgan fingerprint density at radius 1 is 1.33 bits per heavy atom. The summed E-state index contributed by atoms with van der Waals surface area (Å²) in [7, 11) is 0. The van der Waals surface area contributed by atoms with Gasteiger partial charge in [0.05, 0.1) is 11.9 Å². The maximum atomic E-state index is 12.1. The predicted octanol–water partition coefficient (Wildman–Crippen LogP) is 2.65. The van der Waals surface area contributed by atoms with Gasteiger partial charge in [-0.1, -0.05) is 0 Å². The standard InChI is InChI=1S/C14H19N3O/c1-10-2-5-13(8-15-10)16-14(18)17-7-6-12(9-17)11-3-4-11/h2,5,8,11-12H,3-4,6-7,9H2,1H3,(H,16,18). The van der Waals surface area contributed by atoms with Gasteiger partial charge < -0.3 is 10.2 Å². The van der Waals surface area contributed by atoms with Gasteiger partial charge >= 0.3 is 6.03 Å². The van der Waals surface area contributed by atoms with Crippen LogP contribution in [0.5, 0.6) is 0 Å². The van der Waals surface area contributed by atoms with Crippen LogP contribution in [-0.4, -0.2) is 29.0 Å². The van der Waals surface area contributed by atoms with Crippen molar-refractivity contribution in [2.75, 3.05) is 18.4 Å². The summed E-state index contributed by atoms with van der Waals surface area (Å²) in [6.45, 7) is 3.76. The quantitative estimate of drug-likeness (QED) is 0.870. The molecule has 3 rings (SSSR count). The van der Waals surface area contributed by atoms with Gasteiger partial charge in [0.2, 0.25) is 0 Å². The zero-order valence-electron chi connectivity index (χ0n) is 10.7. The summed E-state index contributed by atoms with van der Waals surface area (Å²) in [4.78, 5) is 18.2. The Morgan fingerprint density at radius 2 is 2.17 bits per heavy atom. The monoisotopic (exact) mass is 245 g/mol. The molecule has 1 aromatic heterocycles. The first-order valence-corrected chi connectivity index (χ1v) is 6.71. The van der Waals surface area contributed by atoms with Crippen LogP contribution in [0.3, 0.4) is 0 Å². The van der Waals surface area contributed by atoms with E-state index >= 15 is 0 Å². The van der Waals surface area contributed by atoms with Crippen LogP contribution in [0, 0.1) is 18.8 Å². The summed E-state index contributed by atoms with van der Waals surface area (Å²) in [6.07, 6.45) is 5.61. The lowest BCUT2D eigenvalue weighted by molar-refractivity contribution is 0.220. The number of aromatic nitrogens is 1. The van der Waals surface area contributed by atoms with Gasteiger partial charge in [0.1, 0.15) is 0 Å². The van der Waals surface area contributed by atoms with Crippen LogP contribution < -0.4 is 5.32 Å². The summed E-state index contributed by atoms with van der Waals surface area (Å²) in [5, 5.41) is 2.92. The van der Waals surface area contributed by atoms with Crippen LogP contribution in [-0.2, 0) is 0 Å². The summed E-state index contributed by atoms with van der Waals surface area (Å²) in [6, 6.07) is 3.82. The average Bonchev–Trinajstić information content (AvgIpc) is 3.10. The molecule has 4 nitrogen and oxygen atoms in total. The van der Waals surface area contributed by atoms with Crippen molar-refractivity contribution in [3.63, 3.8) is 0 Å². The van der Waals surface area contributed by atoms with Crippen molar-refractivity contribution >= 4 is 11.7 Å². The zero-order valence-corrected chi connectivity index (χ0v) is 10.7. The van der Waals surface area contributed by atoms with E-state index < -0.39 is 0 Å². The van der Waals surface area contributed by atoms with Gasteiger partial charge in [-0.15, -0.1) is 0 Å². The first kappa shape index (κ1) is 11.5. The number of amides is 2. The third kappa shape index (κ3) is 2.47. The number of urea groups is 1. The first-order valence-electron chi connectivity index (χ1n) is 6.71. The number of carbonyl (C=O) groups is 1. The largest absolute Gasteiger partial charge is 0.324 e. The molecule has 0 aromatic carbocycles. The highest BCUT2D eigenvalue weighted by molar-refractivity contribution is 5.89. The van der Waals surface area contributed by atoms with Crippen molar-refractivity contribution in [1.29, 1.82) is 0 Å². The van der Waals surface area contributed by atoms with Gasteiger partial charge in [-0.05, 0) is 50.2 Å². The molecule has 2 aliphatic rings. The van der Waals surface area contributed by atoms with Crippen molar-refractivity contribution in [3.05, 3.63) is 24.0 Å². The molecule has 2 heterocycles. The molecule has 96 valence electrons. The fourth-order valence-corrected chi connectivity index (χ4v) is 2.67. The van der Waals surface area contributed by atoms with Crippen molar-refractivity contribution in [2.45, 2.75) is 26.2 Å². The average molecular weight is 245 g/mol. The SMILES string of the molecule is Cc1ccc(NC(=O)N2CCC(C3CC3)C2)cn1. The fourth-order valence-electron chi connectivity index (χ4n) is 2.67. The van der Waals surface area contributed by atoms with Crippen LogP contribution >= 0.6 is 0 Å². The molecule has 1 aromatic rings. The van der Waals surface area contributed by atoms with Gasteiger partial charge in [0.15, 0.2) is 0 Å². The van der Waals surface area contributed by atoms with Gasteiger partial charge in [0.25, 0.3) is 0 Å². The Morgan fingerprint density at radius 3 is 2.83 bits per heavy atom. The number of aryl methyl sites for hydroxylation is 1. The number of anilines is 1. The molecule has 0 radical (unpaired) electrons. The number of hydrogen-bond donors (Lipinski definition) is 1. The second-order valence-corrected chi connectivity index (χ2v) is 5.45. The normalized spacial score (nSPS) is 23.2. The van der Waals surface area contributed by atoms with Gasteiger partial charge in [0, 0.05) is 18.8 Å². The number of likely N-dealkylation sites (tertiary alicyclic amines) is 1. The molecule has 2 fully saturated rings. The van der Waals surface area contributed by atoms with Crippen molar-refractivity contribution in [1.82, 2.24) is 9.88 Å².